The number of carbonyl (C=O) groups excluding carboxylic acids is 1. The average molecular weight is 268 g/mol. The van der Waals surface area contributed by atoms with Crippen molar-refractivity contribution in [1.82, 2.24) is 9.38 Å². The Hall–Kier alpha value is -2.65. The molecule has 6 heteroatoms. The number of hydrogen-bond donors (Lipinski definition) is 1. The number of imidazole rings is 1. The first-order valence-corrected chi connectivity index (χ1v) is 6.38. The van der Waals surface area contributed by atoms with E-state index in [2.05, 4.69) is 10.3 Å². The Balaban J connectivity index is 1.84. The van der Waals surface area contributed by atoms with Crippen molar-refractivity contribution in [3.63, 3.8) is 0 Å². The van der Waals surface area contributed by atoms with Crippen LogP contribution in [0.2, 0.25) is 0 Å². The minimum atomic E-state index is -0.286. The van der Waals surface area contributed by atoms with Crippen LogP contribution < -0.4 is 5.32 Å². The van der Waals surface area contributed by atoms with Gasteiger partial charge in [-0.05, 0) is 18.2 Å². The summed E-state index contributed by atoms with van der Waals surface area (Å²) in [5, 5.41) is 13.4. The molecule has 0 bridgehead atoms. The van der Waals surface area contributed by atoms with Crippen molar-refractivity contribution >= 4 is 27.9 Å². The van der Waals surface area contributed by atoms with Gasteiger partial charge in [-0.3, -0.25) is 9.20 Å². The fourth-order valence-corrected chi connectivity index (χ4v) is 2.40. The second kappa shape index (κ2) is 4.55. The minimum absolute atomic E-state index is 0.286. The van der Waals surface area contributed by atoms with Gasteiger partial charge < -0.3 is 5.32 Å². The van der Waals surface area contributed by atoms with E-state index in [0.717, 1.165) is 4.96 Å². The molecule has 1 aromatic carbocycles. The third-order valence-electron chi connectivity index (χ3n) is 2.58. The molecule has 0 fully saturated rings. The second-order valence-corrected chi connectivity index (χ2v) is 4.74. The van der Waals surface area contributed by atoms with Crippen molar-refractivity contribution in [1.29, 1.82) is 5.26 Å². The first kappa shape index (κ1) is 11.4. The van der Waals surface area contributed by atoms with Gasteiger partial charge in [0.2, 0.25) is 0 Å². The van der Waals surface area contributed by atoms with Crippen molar-refractivity contribution in [2.24, 2.45) is 0 Å². The monoisotopic (exact) mass is 268 g/mol. The normalized spacial score (nSPS) is 10.3. The van der Waals surface area contributed by atoms with Gasteiger partial charge in [-0.2, -0.15) is 5.26 Å². The quantitative estimate of drug-likeness (QED) is 0.776. The highest BCUT2D eigenvalue weighted by molar-refractivity contribution is 7.15. The predicted octanol–water partition coefficient (Wildman–Crippen LogP) is 2.52. The van der Waals surface area contributed by atoms with Crippen molar-refractivity contribution in [3.8, 4) is 6.07 Å². The number of thiazole rings is 1. The van der Waals surface area contributed by atoms with E-state index in [1.54, 1.807) is 34.9 Å². The number of hydrogen-bond acceptors (Lipinski definition) is 4. The summed E-state index contributed by atoms with van der Waals surface area (Å²) in [4.78, 5) is 17.0. The number of benzene rings is 1. The molecular weight excluding hydrogens is 260 g/mol. The summed E-state index contributed by atoms with van der Waals surface area (Å²) >= 11 is 1.47. The number of aromatic nitrogens is 2. The standard InChI is InChI=1S/C13H8N4OS/c14-7-9-2-1-3-10(6-9)15-12(18)11-8-17-4-5-19-13(17)16-11/h1-6,8H,(H,15,18). The highest BCUT2D eigenvalue weighted by Crippen LogP contribution is 2.14. The van der Waals surface area contributed by atoms with Gasteiger partial charge in [0, 0.05) is 23.5 Å². The van der Waals surface area contributed by atoms with Crippen molar-refractivity contribution in [3.05, 3.63) is 53.3 Å². The van der Waals surface area contributed by atoms with Gasteiger partial charge in [0.15, 0.2) is 4.96 Å². The molecule has 0 radical (unpaired) electrons. The predicted molar refractivity (Wildman–Crippen MR) is 72.2 cm³/mol. The molecule has 3 rings (SSSR count). The Labute approximate surface area is 112 Å². The maximum absolute atomic E-state index is 12.0. The number of rotatable bonds is 2. The lowest BCUT2D eigenvalue weighted by atomic mass is 10.2. The molecule has 3 aromatic rings. The van der Waals surface area contributed by atoms with Gasteiger partial charge >= 0.3 is 0 Å². The van der Waals surface area contributed by atoms with Gasteiger partial charge in [-0.1, -0.05) is 6.07 Å². The van der Waals surface area contributed by atoms with Gasteiger partial charge in [0.1, 0.15) is 5.69 Å². The molecule has 1 N–H and O–H groups in total. The molecule has 92 valence electrons. The van der Waals surface area contributed by atoms with E-state index in [4.69, 9.17) is 5.26 Å². The van der Waals surface area contributed by atoms with Crippen LogP contribution in [0.1, 0.15) is 16.1 Å². The highest BCUT2D eigenvalue weighted by Gasteiger charge is 2.11. The van der Waals surface area contributed by atoms with Crippen LogP contribution in [-0.4, -0.2) is 15.3 Å². The number of fused-ring (bicyclic) bond motifs is 1. The van der Waals surface area contributed by atoms with E-state index in [0.29, 0.717) is 16.9 Å². The van der Waals surface area contributed by atoms with Crippen LogP contribution in [0.4, 0.5) is 5.69 Å². The lowest BCUT2D eigenvalue weighted by Crippen LogP contribution is -2.12. The molecule has 0 unspecified atom stereocenters. The average Bonchev–Trinajstić information content (AvgIpc) is 2.99. The number of nitriles is 1. The second-order valence-electron chi connectivity index (χ2n) is 3.87. The van der Waals surface area contributed by atoms with Crippen LogP contribution in [0.5, 0.6) is 0 Å². The summed E-state index contributed by atoms with van der Waals surface area (Å²) in [5.74, 6) is -0.286. The number of carbonyl (C=O) groups is 1. The molecule has 0 saturated heterocycles. The van der Waals surface area contributed by atoms with Crippen LogP contribution in [0.15, 0.2) is 42.0 Å². The SMILES string of the molecule is N#Cc1cccc(NC(=O)c2cn3ccsc3n2)c1. The van der Waals surface area contributed by atoms with Crippen LogP contribution in [0.25, 0.3) is 4.96 Å². The molecule has 0 aliphatic carbocycles. The van der Waals surface area contributed by atoms with Gasteiger partial charge in [0.05, 0.1) is 11.6 Å². The third kappa shape index (κ3) is 2.19. The lowest BCUT2D eigenvalue weighted by Gasteiger charge is -2.02. The smallest absolute Gasteiger partial charge is 0.275 e. The molecule has 5 nitrogen and oxygen atoms in total. The fraction of sp³-hybridized carbons (Fsp3) is 0. The molecular formula is C13H8N4OS. The Morgan fingerprint density at radius 1 is 1.47 bits per heavy atom. The van der Waals surface area contributed by atoms with Gasteiger partial charge in [-0.15, -0.1) is 11.3 Å². The summed E-state index contributed by atoms with van der Waals surface area (Å²) in [6.45, 7) is 0. The summed E-state index contributed by atoms with van der Waals surface area (Å²) in [5.41, 5.74) is 1.44. The maximum atomic E-state index is 12.0. The van der Waals surface area contributed by atoms with E-state index >= 15 is 0 Å². The summed E-state index contributed by atoms with van der Waals surface area (Å²) in [7, 11) is 0. The Morgan fingerprint density at radius 2 is 2.37 bits per heavy atom. The Kier molecular flexibility index (Phi) is 2.74. The summed E-state index contributed by atoms with van der Waals surface area (Å²) in [6.07, 6.45) is 3.52. The molecule has 1 amide bonds. The van der Waals surface area contributed by atoms with E-state index in [1.165, 1.54) is 11.3 Å². The van der Waals surface area contributed by atoms with Crippen LogP contribution in [0, 0.1) is 11.3 Å². The minimum Gasteiger partial charge on any atom is -0.321 e. The zero-order chi connectivity index (χ0) is 13.2. The third-order valence-corrected chi connectivity index (χ3v) is 3.35. The van der Waals surface area contributed by atoms with Gasteiger partial charge in [-0.25, -0.2) is 4.98 Å². The number of anilines is 1. The van der Waals surface area contributed by atoms with Crippen molar-refractivity contribution < 1.29 is 4.79 Å². The summed E-state index contributed by atoms with van der Waals surface area (Å²) in [6, 6.07) is 8.79. The van der Waals surface area contributed by atoms with E-state index in [1.807, 2.05) is 17.6 Å². The van der Waals surface area contributed by atoms with Crippen molar-refractivity contribution in [2.45, 2.75) is 0 Å². The topological polar surface area (TPSA) is 70.2 Å². The summed E-state index contributed by atoms with van der Waals surface area (Å²) < 4.78 is 1.80. The first-order chi connectivity index (χ1) is 9.26. The zero-order valence-electron chi connectivity index (χ0n) is 9.70. The highest BCUT2D eigenvalue weighted by atomic mass is 32.1. The molecule has 0 aliphatic rings. The molecule has 0 spiro atoms. The molecule has 19 heavy (non-hydrogen) atoms. The number of amides is 1. The van der Waals surface area contributed by atoms with Crippen LogP contribution >= 0.6 is 11.3 Å². The number of nitrogens with zero attached hydrogens (tertiary/aromatic N) is 3. The zero-order valence-corrected chi connectivity index (χ0v) is 10.5. The largest absolute Gasteiger partial charge is 0.321 e. The Bertz CT molecular complexity index is 768. The molecule has 0 atom stereocenters. The lowest BCUT2D eigenvalue weighted by molar-refractivity contribution is 0.102. The van der Waals surface area contributed by atoms with E-state index < -0.39 is 0 Å². The fourth-order valence-electron chi connectivity index (χ4n) is 1.70. The molecule has 2 aromatic heterocycles. The Morgan fingerprint density at radius 3 is 3.16 bits per heavy atom. The van der Waals surface area contributed by atoms with Crippen molar-refractivity contribution in [2.75, 3.05) is 5.32 Å². The van der Waals surface area contributed by atoms with E-state index in [-0.39, 0.29) is 5.91 Å². The molecule has 0 saturated carbocycles. The van der Waals surface area contributed by atoms with Crippen LogP contribution in [0.3, 0.4) is 0 Å². The van der Waals surface area contributed by atoms with E-state index in [9.17, 15) is 4.79 Å². The number of nitrogens with one attached hydrogen (secondary N) is 1. The molecule has 0 aliphatic heterocycles. The van der Waals surface area contributed by atoms with Crippen LogP contribution in [-0.2, 0) is 0 Å². The molecule has 2 heterocycles. The maximum Gasteiger partial charge on any atom is 0.275 e. The van der Waals surface area contributed by atoms with Gasteiger partial charge in [0.25, 0.3) is 5.91 Å². The first-order valence-electron chi connectivity index (χ1n) is 5.50.